The van der Waals surface area contributed by atoms with Crippen molar-refractivity contribution in [3.8, 4) is 29.3 Å². The summed E-state index contributed by atoms with van der Waals surface area (Å²) in [5.74, 6) is 4.13. The van der Waals surface area contributed by atoms with Crippen LogP contribution in [0.15, 0.2) is 89.7 Å². The van der Waals surface area contributed by atoms with Gasteiger partial charge in [-0.15, -0.1) is 0 Å². The zero-order valence-electron chi connectivity index (χ0n) is 36.0. The zero-order valence-corrected chi connectivity index (χ0v) is 36.0. The number of nitrogens with two attached hydrogens (primary N) is 1. The summed E-state index contributed by atoms with van der Waals surface area (Å²) >= 11 is 0. The summed E-state index contributed by atoms with van der Waals surface area (Å²) in [7, 11) is 3.17. The molecule has 6 bridgehead atoms. The van der Waals surface area contributed by atoms with E-state index in [1.807, 2.05) is 61.5 Å². The SMILES string of the molecule is CN=C(N)Nc1cccc(CCC(CO)CC2C=CC(O)=CC2CC2CC(=O)CCc3ccc(OC)c(c3)OCc3c(C(O)O)cc4c(c(O)cc5c4c3C=CC5C)CC#CO2)c1. The number of phenolic OH excluding ortho intramolecular Hbond substituents is 1. The van der Waals surface area contributed by atoms with Crippen molar-refractivity contribution in [3.63, 3.8) is 0 Å². The lowest BCUT2D eigenvalue weighted by Crippen LogP contribution is -2.26. The summed E-state index contributed by atoms with van der Waals surface area (Å²) < 4.78 is 18.3. The highest BCUT2D eigenvalue weighted by atomic mass is 16.5. The Kier molecular flexibility index (Phi) is 14.4. The number of hydrogen-bond donors (Lipinski definition) is 7. The molecule has 0 amide bonds. The van der Waals surface area contributed by atoms with Crippen LogP contribution < -0.4 is 20.5 Å². The Hall–Kier alpha value is -6.26. The number of aliphatic hydroxyl groups excluding tert-OH is 3. The molecule has 2 heterocycles. The van der Waals surface area contributed by atoms with Gasteiger partial charge < -0.3 is 50.8 Å². The Balaban J connectivity index is 1.18. The maximum Gasteiger partial charge on any atom is 0.192 e. The number of anilines is 1. The van der Waals surface area contributed by atoms with Crippen molar-refractivity contribution in [1.29, 1.82) is 0 Å². The summed E-state index contributed by atoms with van der Waals surface area (Å²) in [6.45, 7) is 2.02. The van der Waals surface area contributed by atoms with Gasteiger partial charge in [0, 0.05) is 61.2 Å². The van der Waals surface area contributed by atoms with E-state index in [-0.39, 0.29) is 79.0 Å². The highest BCUT2D eigenvalue weighted by Gasteiger charge is 2.30. The van der Waals surface area contributed by atoms with Crippen LogP contribution in [0.1, 0.15) is 90.2 Å². The largest absolute Gasteiger partial charge is 0.508 e. The molecule has 2 aliphatic carbocycles. The highest BCUT2D eigenvalue weighted by molar-refractivity contribution is 6.01. The molecule has 4 aliphatic rings. The van der Waals surface area contributed by atoms with E-state index < -0.39 is 12.4 Å². The van der Waals surface area contributed by atoms with Crippen LogP contribution in [0.3, 0.4) is 0 Å². The summed E-state index contributed by atoms with van der Waals surface area (Å²) in [5, 5.41) is 58.7. The number of aliphatic hydroxyl groups is 4. The molecule has 0 fully saturated rings. The first-order valence-electron chi connectivity index (χ1n) is 21.6. The van der Waals surface area contributed by atoms with Crippen molar-refractivity contribution in [3.05, 3.63) is 124 Å². The summed E-state index contributed by atoms with van der Waals surface area (Å²) in [6, 6.07) is 16.9. The average molecular weight is 856 g/mol. The molecule has 5 atom stereocenters. The van der Waals surface area contributed by atoms with Gasteiger partial charge in [0.2, 0.25) is 0 Å². The number of ether oxygens (including phenoxy) is 3. The predicted octanol–water partition coefficient (Wildman–Crippen LogP) is 7.66. The minimum Gasteiger partial charge on any atom is -0.508 e. The first kappa shape index (κ1) is 44.8. The summed E-state index contributed by atoms with van der Waals surface area (Å²) in [6.07, 6.45) is 13.1. The van der Waals surface area contributed by atoms with Gasteiger partial charge in [-0.25, -0.2) is 0 Å². The van der Waals surface area contributed by atoms with E-state index in [1.165, 1.54) is 0 Å². The van der Waals surface area contributed by atoms with Gasteiger partial charge in [-0.1, -0.05) is 49.3 Å². The van der Waals surface area contributed by atoms with Gasteiger partial charge in [0.05, 0.1) is 7.11 Å². The van der Waals surface area contributed by atoms with Crippen LogP contribution in [0.4, 0.5) is 5.69 Å². The topological polar surface area (TPSA) is 196 Å². The third-order valence-corrected chi connectivity index (χ3v) is 12.5. The van der Waals surface area contributed by atoms with Crippen molar-refractivity contribution in [1.82, 2.24) is 0 Å². The number of aliphatic imine (C=N–C) groups is 1. The Morgan fingerprint density at radius 3 is 2.67 bits per heavy atom. The quantitative estimate of drug-likeness (QED) is 0.0339. The number of ketones is 1. The van der Waals surface area contributed by atoms with Crippen LogP contribution in [0, 0.1) is 29.8 Å². The smallest absolute Gasteiger partial charge is 0.192 e. The Morgan fingerprint density at radius 2 is 1.89 bits per heavy atom. The molecule has 8 N–H and O–H groups in total. The van der Waals surface area contributed by atoms with Gasteiger partial charge in [-0.3, -0.25) is 9.79 Å². The zero-order chi connectivity index (χ0) is 44.6. The second-order valence-corrected chi connectivity index (χ2v) is 16.7. The molecule has 8 rings (SSSR count). The maximum atomic E-state index is 13.8. The number of carbonyl (C=O) groups excluding carboxylic acids is 1. The van der Waals surface area contributed by atoms with Crippen molar-refractivity contribution in [2.75, 3.05) is 26.1 Å². The number of nitrogens with zero attached hydrogens (tertiary/aromatic N) is 1. The molecular formula is C51H57N3O9. The fourth-order valence-electron chi connectivity index (χ4n) is 9.04. The van der Waals surface area contributed by atoms with E-state index >= 15 is 0 Å². The Labute approximate surface area is 368 Å². The Bertz CT molecular complexity index is 2510. The van der Waals surface area contributed by atoms with E-state index in [0.29, 0.717) is 53.2 Å². The molecule has 12 nitrogen and oxygen atoms in total. The lowest BCUT2D eigenvalue weighted by Gasteiger charge is -2.30. The van der Waals surface area contributed by atoms with E-state index in [4.69, 9.17) is 19.9 Å². The highest BCUT2D eigenvalue weighted by Crippen LogP contribution is 2.44. The molecule has 4 aromatic rings. The minimum atomic E-state index is -1.83. The number of benzene rings is 4. The number of Topliss-reactive ketones (excluding diaryl/α,β-unsaturated/α-hetero) is 1. The first-order chi connectivity index (χ1) is 30.4. The maximum absolute atomic E-state index is 13.8. The molecule has 0 saturated carbocycles. The number of rotatable bonds is 11. The number of guanidine groups is 1. The molecule has 0 spiro atoms. The molecule has 0 radical (unpaired) electrons. The van der Waals surface area contributed by atoms with Gasteiger partial charge in [0.25, 0.3) is 0 Å². The monoisotopic (exact) mass is 855 g/mol. The molecule has 2 aliphatic heterocycles. The van der Waals surface area contributed by atoms with E-state index in [2.05, 4.69) is 22.3 Å². The van der Waals surface area contributed by atoms with Gasteiger partial charge in [-0.2, -0.15) is 0 Å². The van der Waals surface area contributed by atoms with Gasteiger partial charge in [0.1, 0.15) is 36.1 Å². The Morgan fingerprint density at radius 1 is 1.05 bits per heavy atom. The van der Waals surface area contributed by atoms with Crippen LogP contribution in [0.2, 0.25) is 0 Å². The third-order valence-electron chi connectivity index (χ3n) is 12.5. The lowest BCUT2D eigenvalue weighted by atomic mass is 9.77. The van der Waals surface area contributed by atoms with Crippen molar-refractivity contribution in [2.24, 2.45) is 28.5 Å². The molecule has 0 aromatic heterocycles. The minimum absolute atomic E-state index is 0.00218. The van der Waals surface area contributed by atoms with Crippen LogP contribution >= 0.6 is 0 Å². The molecule has 5 unspecified atom stereocenters. The van der Waals surface area contributed by atoms with E-state index in [9.17, 15) is 30.3 Å². The standard InChI is InChI=1S/C51H57N3O9/c1-30-9-17-41-45-29-63-48-22-32(13-18-47(48)61-3)12-15-38(57)25-39(62-19-5-8-40-43(26-44(45)50(59)60)49(41)42(30)27-46(40)58)24-35-23-37(56)16-14-34(35)20-33(28-55)11-10-31-6-4-7-36(21-31)54-51(52)53-2/h4,6-7,9,13-14,16-18,21-23,26-27,30,33-35,39,50,55-56,58-60H,8,10-12,15,20,24-25,28-29H2,1-3H3,(H3,52,53,54). The van der Waals surface area contributed by atoms with E-state index in [1.54, 1.807) is 44.5 Å². The van der Waals surface area contributed by atoms with Crippen LogP contribution in [-0.4, -0.2) is 64.1 Å². The summed E-state index contributed by atoms with van der Waals surface area (Å²) in [4.78, 5) is 17.7. The van der Waals surface area contributed by atoms with Crippen molar-refractivity contribution < 1.29 is 44.5 Å². The number of aromatic hydroxyl groups is 1. The number of nitrogens with one attached hydrogen (secondary N) is 1. The average Bonchev–Trinajstić information content (AvgIpc) is 3.27. The van der Waals surface area contributed by atoms with Crippen molar-refractivity contribution in [2.45, 2.75) is 83.2 Å². The molecule has 0 saturated heterocycles. The van der Waals surface area contributed by atoms with Gasteiger partial charge >= 0.3 is 0 Å². The normalized spacial score (nSPS) is 20.5. The number of methoxy groups -OCH3 is 1. The summed E-state index contributed by atoms with van der Waals surface area (Å²) in [5.41, 5.74) is 11.6. The second kappa shape index (κ2) is 20.3. The molecule has 330 valence electrons. The first-order valence-corrected chi connectivity index (χ1v) is 21.6. The number of allylic oxidation sites excluding steroid dienone is 4. The number of aryl methyl sites for hydroxylation is 2. The number of carbonyl (C=O) groups is 1. The predicted molar refractivity (Wildman–Crippen MR) is 244 cm³/mol. The van der Waals surface area contributed by atoms with Crippen molar-refractivity contribution >= 4 is 34.3 Å². The fraction of sp³-hybridized carbons (Fsp3) is 0.373. The van der Waals surface area contributed by atoms with Crippen LogP contribution in [0.25, 0.3) is 16.8 Å². The number of fused-ring (bicyclic) bond motifs is 9. The van der Waals surface area contributed by atoms with Crippen LogP contribution in [0.5, 0.6) is 17.2 Å². The lowest BCUT2D eigenvalue weighted by molar-refractivity contribution is -0.121. The fourth-order valence-corrected chi connectivity index (χ4v) is 9.04. The molecule has 4 aromatic carbocycles. The molecule has 63 heavy (non-hydrogen) atoms. The number of hydrogen-bond acceptors (Lipinski definition) is 10. The number of phenols is 1. The molecule has 12 heteroatoms. The van der Waals surface area contributed by atoms with Crippen LogP contribution in [-0.2, 0) is 35.4 Å². The van der Waals surface area contributed by atoms with E-state index in [0.717, 1.165) is 46.2 Å². The van der Waals surface area contributed by atoms with Gasteiger partial charge in [-0.05, 0) is 131 Å². The molecular weight excluding hydrogens is 799 g/mol. The third kappa shape index (κ3) is 10.7. The second-order valence-electron chi connectivity index (χ2n) is 16.7. The van der Waals surface area contributed by atoms with Gasteiger partial charge in [0.15, 0.2) is 23.7 Å².